The Morgan fingerprint density at radius 1 is 1.00 bits per heavy atom. The second-order valence-electron chi connectivity index (χ2n) is 7.37. The van der Waals surface area contributed by atoms with Crippen molar-refractivity contribution in [2.24, 2.45) is 5.73 Å². The number of nitrogens with two attached hydrogens (primary N) is 1. The molecule has 0 unspecified atom stereocenters. The Hall–Kier alpha value is -3.05. The molecule has 3 aromatic rings. The molecule has 0 bridgehead atoms. The van der Waals surface area contributed by atoms with Crippen molar-refractivity contribution < 1.29 is 9.90 Å². The van der Waals surface area contributed by atoms with E-state index in [-0.39, 0.29) is 12.1 Å². The van der Waals surface area contributed by atoms with E-state index in [2.05, 4.69) is 28.1 Å². The topological polar surface area (TPSA) is 80.3 Å². The van der Waals surface area contributed by atoms with E-state index >= 15 is 0 Å². The molecule has 1 aliphatic rings. The molecular formula is C23H25N3O2. The van der Waals surface area contributed by atoms with Crippen molar-refractivity contribution in [2.45, 2.75) is 37.8 Å². The van der Waals surface area contributed by atoms with Crippen molar-refractivity contribution in [3.63, 3.8) is 0 Å². The van der Waals surface area contributed by atoms with Crippen LogP contribution in [-0.2, 0) is 0 Å². The molecule has 4 N–H and O–H groups in total. The molecule has 144 valence electrons. The molecule has 4 rings (SSSR count). The van der Waals surface area contributed by atoms with E-state index < -0.39 is 5.91 Å². The summed E-state index contributed by atoms with van der Waals surface area (Å²) in [5, 5.41) is 13.2. The molecule has 28 heavy (non-hydrogen) atoms. The van der Waals surface area contributed by atoms with Crippen molar-refractivity contribution >= 4 is 11.6 Å². The molecule has 5 heteroatoms. The van der Waals surface area contributed by atoms with E-state index in [0.29, 0.717) is 5.56 Å². The number of amides is 1. The number of hydrogen-bond acceptors (Lipinski definition) is 3. The van der Waals surface area contributed by atoms with Gasteiger partial charge < -0.3 is 20.7 Å². The van der Waals surface area contributed by atoms with Gasteiger partial charge in [0.1, 0.15) is 0 Å². The Bertz CT molecular complexity index is 957. The van der Waals surface area contributed by atoms with Crippen LogP contribution in [0.4, 0.5) is 5.69 Å². The van der Waals surface area contributed by atoms with Gasteiger partial charge in [0.05, 0.1) is 17.4 Å². The SMILES string of the molecule is NC(=O)c1ccc(-n2cccc2-c2ccccc2)cc1NC1CCC(O)CC1. The van der Waals surface area contributed by atoms with Crippen molar-refractivity contribution in [1.82, 2.24) is 4.57 Å². The molecule has 5 nitrogen and oxygen atoms in total. The van der Waals surface area contributed by atoms with E-state index in [1.807, 2.05) is 42.6 Å². The molecule has 0 saturated heterocycles. The average molecular weight is 375 g/mol. The minimum absolute atomic E-state index is 0.215. The van der Waals surface area contributed by atoms with E-state index in [1.165, 1.54) is 0 Å². The second kappa shape index (κ2) is 7.90. The molecule has 1 heterocycles. The smallest absolute Gasteiger partial charge is 0.250 e. The minimum Gasteiger partial charge on any atom is -0.393 e. The lowest BCUT2D eigenvalue weighted by molar-refractivity contribution is 0.100. The zero-order valence-corrected chi connectivity index (χ0v) is 15.7. The number of hydrogen-bond donors (Lipinski definition) is 3. The van der Waals surface area contributed by atoms with Crippen LogP contribution in [0.5, 0.6) is 0 Å². The van der Waals surface area contributed by atoms with Crippen LogP contribution < -0.4 is 11.1 Å². The largest absolute Gasteiger partial charge is 0.393 e. The van der Waals surface area contributed by atoms with Gasteiger partial charge in [0.2, 0.25) is 0 Å². The van der Waals surface area contributed by atoms with Gasteiger partial charge in [-0.15, -0.1) is 0 Å². The number of aromatic nitrogens is 1. The average Bonchev–Trinajstić information content (AvgIpc) is 3.20. The van der Waals surface area contributed by atoms with Gasteiger partial charge in [0, 0.05) is 23.6 Å². The van der Waals surface area contributed by atoms with E-state index in [1.54, 1.807) is 6.07 Å². The number of rotatable bonds is 5. The molecule has 1 fully saturated rings. The van der Waals surface area contributed by atoms with Gasteiger partial charge in [-0.25, -0.2) is 0 Å². The van der Waals surface area contributed by atoms with Gasteiger partial charge >= 0.3 is 0 Å². The van der Waals surface area contributed by atoms with E-state index in [0.717, 1.165) is 48.3 Å². The van der Waals surface area contributed by atoms with Crippen LogP contribution in [0.1, 0.15) is 36.0 Å². The van der Waals surface area contributed by atoms with Crippen LogP contribution in [0.2, 0.25) is 0 Å². The molecule has 1 saturated carbocycles. The Balaban J connectivity index is 1.68. The Morgan fingerprint density at radius 2 is 1.75 bits per heavy atom. The lowest BCUT2D eigenvalue weighted by Crippen LogP contribution is -2.29. The Morgan fingerprint density at radius 3 is 2.46 bits per heavy atom. The first kappa shape index (κ1) is 18.3. The van der Waals surface area contributed by atoms with E-state index in [4.69, 9.17) is 5.73 Å². The normalized spacial score (nSPS) is 19.3. The number of aliphatic hydroxyl groups is 1. The summed E-state index contributed by atoms with van der Waals surface area (Å²) in [6.07, 6.45) is 5.11. The maximum Gasteiger partial charge on any atom is 0.250 e. The van der Waals surface area contributed by atoms with Crippen molar-refractivity contribution in [1.29, 1.82) is 0 Å². The van der Waals surface area contributed by atoms with Crippen LogP contribution in [-0.4, -0.2) is 27.7 Å². The number of carbonyl (C=O) groups is 1. The van der Waals surface area contributed by atoms with Crippen LogP contribution in [0, 0.1) is 0 Å². The first-order valence-electron chi connectivity index (χ1n) is 9.73. The molecule has 0 radical (unpaired) electrons. The standard InChI is InChI=1S/C23H25N3O2/c24-23(28)20-13-10-18(15-21(20)25-17-8-11-19(27)12-9-17)26-14-4-7-22(26)16-5-2-1-3-6-16/h1-7,10,13-15,17,19,25,27H,8-9,11-12H2,(H2,24,28). The first-order valence-corrected chi connectivity index (χ1v) is 9.73. The molecule has 1 amide bonds. The Kier molecular flexibility index (Phi) is 5.17. The highest BCUT2D eigenvalue weighted by Crippen LogP contribution is 2.29. The molecule has 0 spiro atoms. The monoisotopic (exact) mass is 375 g/mol. The molecule has 0 aliphatic heterocycles. The summed E-state index contributed by atoms with van der Waals surface area (Å²) in [6.45, 7) is 0. The minimum atomic E-state index is -0.444. The van der Waals surface area contributed by atoms with Gasteiger partial charge in [-0.1, -0.05) is 30.3 Å². The molecule has 0 atom stereocenters. The second-order valence-corrected chi connectivity index (χ2v) is 7.37. The molecule has 1 aromatic heterocycles. The summed E-state index contributed by atoms with van der Waals surface area (Å²) in [6, 6.07) is 20.2. The van der Waals surface area contributed by atoms with Crippen LogP contribution in [0.25, 0.3) is 16.9 Å². The molecular weight excluding hydrogens is 350 g/mol. The van der Waals surface area contributed by atoms with Gasteiger partial charge in [-0.2, -0.15) is 0 Å². The fourth-order valence-electron chi connectivity index (χ4n) is 3.91. The van der Waals surface area contributed by atoms with Gasteiger partial charge in [-0.05, 0) is 61.6 Å². The van der Waals surface area contributed by atoms with Crippen molar-refractivity contribution in [3.05, 3.63) is 72.4 Å². The quantitative estimate of drug-likeness (QED) is 0.631. The van der Waals surface area contributed by atoms with Gasteiger partial charge in [-0.3, -0.25) is 4.79 Å². The van der Waals surface area contributed by atoms with E-state index in [9.17, 15) is 9.90 Å². The summed E-state index contributed by atoms with van der Waals surface area (Å²) >= 11 is 0. The predicted molar refractivity (Wildman–Crippen MR) is 112 cm³/mol. The lowest BCUT2D eigenvalue weighted by atomic mass is 9.92. The zero-order valence-electron chi connectivity index (χ0n) is 15.7. The van der Waals surface area contributed by atoms with Gasteiger partial charge in [0.25, 0.3) is 5.91 Å². The summed E-state index contributed by atoms with van der Waals surface area (Å²) in [5.74, 6) is -0.444. The lowest BCUT2D eigenvalue weighted by Gasteiger charge is -2.28. The first-order chi connectivity index (χ1) is 13.6. The third kappa shape index (κ3) is 3.80. The summed E-state index contributed by atoms with van der Waals surface area (Å²) < 4.78 is 2.11. The zero-order chi connectivity index (χ0) is 19.5. The van der Waals surface area contributed by atoms with Gasteiger partial charge in [0.15, 0.2) is 0 Å². The van der Waals surface area contributed by atoms with Crippen molar-refractivity contribution in [3.8, 4) is 16.9 Å². The number of carbonyl (C=O) groups excluding carboxylic acids is 1. The van der Waals surface area contributed by atoms with Crippen molar-refractivity contribution in [2.75, 3.05) is 5.32 Å². The number of anilines is 1. The number of aliphatic hydroxyl groups excluding tert-OH is 1. The number of benzene rings is 2. The van der Waals surface area contributed by atoms with Crippen LogP contribution in [0.3, 0.4) is 0 Å². The summed E-state index contributed by atoms with van der Waals surface area (Å²) in [5.41, 5.74) is 10.0. The third-order valence-corrected chi connectivity index (χ3v) is 5.42. The number of primary amides is 1. The van der Waals surface area contributed by atoms with Crippen LogP contribution >= 0.6 is 0 Å². The van der Waals surface area contributed by atoms with Crippen LogP contribution in [0.15, 0.2) is 66.9 Å². The number of nitrogens with zero attached hydrogens (tertiary/aromatic N) is 1. The highest BCUT2D eigenvalue weighted by molar-refractivity contribution is 5.99. The molecule has 1 aliphatic carbocycles. The maximum absolute atomic E-state index is 11.9. The predicted octanol–water partition coefficient (Wildman–Crippen LogP) is 3.96. The third-order valence-electron chi connectivity index (χ3n) is 5.42. The summed E-state index contributed by atoms with van der Waals surface area (Å²) in [4.78, 5) is 11.9. The fraction of sp³-hybridized carbons (Fsp3) is 0.261. The highest BCUT2D eigenvalue weighted by atomic mass is 16.3. The highest BCUT2D eigenvalue weighted by Gasteiger charge is 2.21. The number of nitrogens with one attached hydrogen (secondary N) is 1. The maximum atomic E-state index is 11.9. The fourth-order valence-corrected chi connectivity index (χ4v) is 3.91. The Labute approximate surface area is 164 Å². The molecule has 2 aromatic carbocycles. The summed E-state index contributed by atoms with van der Waals surface area (Å²) in [7, 11) is 0.